The fourth-order valence-corrected chi connectivity index (χ4v) is 1.94. The van der Waals surface area contributed by atoms with E-state index in [0.29, 0.717) is 25.3 Å². The Morgan fingerprint density at radius 1 is 1.14 bits per heavy atom. The summed E-state index contributed by atoms with van der Waals surface area (Å²) in [7, 11) is 1.66. The summed E-state index contributed by atoms with van der Waals surface area (Å²) in [4.78, 5) is 1.55. The molecule has 0 spiro atoms. The number of likely N-dealkylation sites (N-methyl/N-ethyl adjacent to an activating group) is 1. The average Bonchev–Trinajstić information content (AvgIpc) is 2.35. The van der Waals surface area contributed by atoms with Crippen molar-refractivity contribution in [2.75, 3.05) is 25.1 Å². The molecule has 0 radical (unpaired) electrons. The van der Waals surface area contributed by atoms with Gasteiger partial charge in [0.05, 0.1) is 12.7 Å². The fraction of sp³-hybridized carbons (Fsp3) is 0.625. The van der Waals surface area contributed by atoms with E-state index in [2.05, 4.69) is 5.32 Å². The summed E-state index contributed by atoms with van der Waals surface area (Å²) < 4.78 is 33.6. The maximum atomic E-state index is 14.1. The highest BCUT2D eigenvalue weighted by molar-refractivity contribution is 5.50. The Hall–Kier alpha value is -1.20. The summed E-state index contributed by atoms with van der Waals surface area (Å²) in [5, 5.41) is 3.14. The van der Waals surface area contributed by atoms with Gasteiger partial charge in [-0.15, -0.1) is 0 Å². The second-order valence-corrected chi connectivity index (χ2v) is 5.78. The summed E-state index contributed by atoms with van der Waals surface area (Å²) in [5.41, 5.74) is 0.602. The van der Waals surface area contributed by atoms with Crippen LogP contribution in [0.25, 0.3) is 0 Å². The largest absolute Gasteiger partial charge is 0.377 e. The monoisotopic (exact) mass is 300 g/mol. The molecule has 0 amide bonds. The molecule has 1 N–H and O–H groups in total. The number of halogens is 2. The lowest BCUT2D eigenvalue weighted by Crippen LogP contribution is -2.26. The molecule has 3 nitrogen and oxygen atoms in total. The highest BCUT2D eigenvalue weighted by Gasteiger charge is 2.15. The van der Waals surface area contributed by atoms with Crippen LogP contribution in [0, 0.1) is 11.6 Å². The lowest BCUT2D eigenvalue weighted by Gasteiger charge is -2.22. The van der Waals surface area contributed by atoms with Crippen LogP contribution in [0.15, 0.2) is 12.1 Å². The van der Waals surface area contributed by atoms with E-state index < -0.39 is 11.6 Å². The molecule has 0 bridgehead atoms. The Kier molecular flexibility index (Phi) is 7.05. The molecule has 120 valence electrons. The van der Waals surface area contributed by atoms with Crippen molar-refractivity contribution in [3.05, 3.63) is 29.3 Å². The zero-order valence-electron chi connectivity index (χ0n) is 13.5. The second kappa shape index (κ2) is 8.29. The average molecular weight is 300 g/mol. The molecular formula is C16H26F2N2O. The summed E-state index contributed by atoms with van der Waals surface area (Å²) >= 11 is 0. The van der Waals surface area contributed by atoms with Gasteiger partial charge in [0.1, 0.15) is 17.3 Å². The third kappa shape index (κ3) is 5.98. The van der Waals surface area contributed by atoms with Gasteiger partial charge in [0.2, 0.25) is 0 Å². The number of nitrogens with zero attached hydrogens (tertiary/aromatic N) is 1. The summed E-state index contributed by atoms with van der Waals surface area (Å²) in [6.07, 6.45) is 0.109. The van der Waals surface area contributed by atoms with Crippen LogP contribution in [-0.4, -0.2) is 32.3 Å². The zero-order valence-corrected chi connectivity index (χ0v) is 13.5. The smallest absolute Gasteiger partial charge is 0.149 e. The maximum absolute atomic E-state index is 14.1. The first kappa shape index (κ1) is 17.9. The van der Waals surface area contributed by atoms with Gasteiger partial charge in [-0.3, -0.25) is 0 Å². The maximum Gasteiger partial charge on any atom is 0.149 e. The van der Waals surface area contributed by atoms with Gasteiger partial charge in [-0.25, -0.2) is 8.78 Å². The molecule has 0 aliphatic carbocycles. The SMILES string of the molecule is CC(C)NCc1cc(F)c(N(C)CCOC(C)C)c(F)c1. The Labute approximate surface area is 126 Å². The number of ether oxygens (including phenoxy) is 1. The zero-order chi connectivity index (χ0) is 16.0. The van der Waals surface area contributed by atoms with E-state index in [1.165, 1.54) is 12.1 Å². The van der Waals surface area contributed by atoms with Crippen LogP contribution in [0.1, 0.15) is 33.3 Å². The number of rotatable bonds is 8. The fourth-order valence-electron chi connectivity index (χ4n) is 1.94. The standard InChI is InChI=1S/C16H26F2N2O/c1-11(2)19-10-13-8-14(17)16(15(18)9-13)20(5)6-7-21-12(3)4/h8-9,11-12,19H,6-7,10H2,1-5H3. The molecule has 0 aromatic heterocycles. The van der Waals surface area contributed by atoms with Crippen molar-refractivity contribution in [3.63, 3.8) is 0 Å². The lowest BCUT2D eigenvalue weighted by molar-refractivity contribution is 0.0845. The van der Waals surface area contributed by atoms with E-state index >= 15 is 0 Å². The van der Waals surface area contributed by atoms with Crippen molar-refractivity contribution < 1.29 is 13.5 Å². The van der Waals surface area contributed by atoms with Gasteiger partial charge in [-0.2, -0.15) is 0 Å². The molecule has 0 heterocycles. The second-order valence-electron chi connectivity index (χ2n) is 5.78. The lowest BCUT2D eigenvalue weighted by atomic mass is 10.1. The molecule has 0 aliphatic heterocycles. The van der Waals surface area contributed by atoms with Crippen LogP contribution >= 0.6 is 0 Å². The third-order valence-electron chi connectivity index (χ3n) is 3.05. The van der Waals surface area contributed by atoms with E-state index in [9.17, 15) is 8.78 Å². The van der Waals surface area contributed by atoms with Crippen LogP contribution in [0.4, 0.5) is 14.5 Å². The highest BCUT2D eigenvalue weighted by atomic mass is 19.1. The van der Waals surface area contributed by atoms with Gasteiger partial charge >= 0.3 is 0 Å². The highest BCUT2D eigenvalue weighted by Crippen LogP contribution is 2.24. The number of anilines is 1. The van der Waals surface area contributed by atoms with Gasteiger partial charge in [0.15, 0.2) is 0 Å². The summed E-state index contributed by atoms with van der Waals surface area (Å²) in [6, 6.07) is 3.04. The normalized spacial score (nSPS) is 11.5. The van der Waals surface area contributed by atoms with Gasteiger partial charge in [0.25, 0.3) is 0 Å². The molecule has 0 aliphatic rings. The minimum absolute atomic E-state index is 0.00402. The van der Waals surface area contributed by atoms with Crippen LogP contribution in [0.5, 0.6) is 0 Å². The molecule has 1 rings (SSSR count). The molecule has 0 saturated heterocycles. The van der Waals surface area contributed by atoms with Gasteiger partial charge in [-0.05, 0) is 31.5 Å². The Morgan fingerprint density at radius 2 is 1.71 bits per heavy atom. The van der Waals surface area contributed by atoms with E-state index in [1.54, 1.807) is 11.9 Å². The quantitative estimate of drug-likeness (QED) is 0.797. The van der Waals surface area contributed by atoms with Crippen molar-refractivity contribution in [2.24, 2.45) is 0 Å². The van der Waals surface area contributed by atoms with E-state index in [4.69, 9.17) is 4.74 Å². The Balaban J connectivity index is 2.74. The molecule has 0 unspecified atom stereocenters. The molecule has 1 aromatic rings. The molecule has 21 heavy (non-hydrogen) atoms. The summed E-state index contributed by atoms with van der Waals surface area (Å²) in [6.45, 7) is 9.16. The van der Waals surface area contributed by atoms with Crippen molar-refractivity contribution in [2.45, 2.75) is 46.4 Å². The van der Waals surface area contributed by atoms with Gasteiger partial charge in [0, 0.05) is 26.2 Å². The first-order chi connectivity index (χ1) is 9.81. The third-order valence-corrected chi connectivity index (χ3v) is 3.05. The predicted octanol–water partition coefficient (Wildman–Crippen LogP) is 3.32. The van der Waals surface area contributed by atoms with Crippen LogP contribution in [0.3, 0.4) is 0 Å². The van der Waals surface area contributed by atoms with Crippen LogP contribution in [0.2, 0.25) is 0 Å². The van der Waals surface area contributed by atoms with E-state index in [-0.39, 0.29) is 17.8 Å². The van der Waals surface area contributed by atoms with E-state index in [0.717, 1.165) is 0 Å². The molecule has 0 saturated carbocycles. The molecule has 0 atom stereocenters. The molecule has 1 aromatic carbocycles. The minimum atomic E-state index is -0.539. The first-order valence-electron chi connectivity index (χ1n) is 7.35. The Bertz CT molecular complexity index is 427. The van der Waals surface area contributed by atoms with Crippen molar-refractivity contribution >= 4 is 5.69 Å². The first-order valence-corrected chi connectivity index (χ1v) is 7.35. The van der Waals surface area contributed by atoms with Gasteiger partial charge in [-0.1, -0.05) is 13.8 Å². The predicted molar refractivity (Wildman–Crippen MR) is 82.7 cm³/mol. The van der Waals surface area contributed by atoms with Crippen LogP contribution in [-0.2, 0) is 11.3 Å². The molecular weight excluding hydrogens is 274 g/mol. The molecule has 0 fully saturated rings. The van der Waals surface area contributed by atoms with Crippen molar-refractivity contribution in [3.8, 4) is 0 Å². The number of benzene rings is 1. The number of hydrogen-bond donors (Lipinski definition) is 1. The number of hydrogen-bond acceptors (Lipinski definition) is 3. The Morgan fingerprint density at radius 3 is 2.19 bits per heavy atom. The van der Waals surface area contributed by atoms with Crippen molar-refractivity contribution in [1.29, 1.82) is 0 Å². The summed E-state index contributed by atoms with van der Waals surface area (Å²) in [5.74, 6) is -1.08. The minimum Gasteiger partial charge on any atom is -0.377 e. The van der Waals surface area contributed by atoms with E-state index in [1.807, 2.05) is 27.7 Å². The van der Waals surface area contributed by atoms with Crippen molar-refractivity contribution in [1.82, 2.24) is 5.32 Å². The topological polar surface area (TPSA) is 24.5 Å². The van der Waals surface area contributed by atoms with Crippen LogP contribution < -0.4 is 10.2 Å². The number of nitrogens with one attached hydrogen (secondary N) is 1. The van der Waals surface area contributed by atoms with Gasteiger partial charge < -0.3 is 15.0 Å². The molecule has 5 heteroatoms.